The van der Waals surface area contributed by atoms with Crippen molar-refractivity contribution in [3.05, 3.63) is 35.7 Å². The van der Waals surface area contributed by atoms with Crippen molar-refractivity contribution < 1.29 is 18.8 Å². The van der Waals surface area contributed by atoms with Crippen LogP contribution in [0, 0.1) is 6.92 Å². The fourth-order valence-electron chi connectivity index (χ4n) is 3.08. The lowest BCUT2D eigenvalue weighted by Crippen LogP contribution is -2.46. The number of hydrogen-bond acceptors (Lipinski definition) is 6. The number of hydrogen-bond donors (Lipinski definition) is 1. The Kier molecular flexibility index (Phi) is 6.05. The lowest BCUT2D eigenvalue weighted by molar-refractivity contribution is -0.141. The number of rotatable bonds is 5. The molecule has 1 atom stereocenters. The first-order valence-electron chi connectivity index (χ1n) is 9.19. The molecule has 2 aromatic rings. The van der Waals surface area contributed by atoms with Crippen LogP contribution in [0.2, 0.25) is 0 Å². The van der Waals surface area contributed by atoms with Gasteiger partial charge in [0.25, 0.3) is 0 Å². The predicted molar refractivity (Wildman–Crippen MR) is 97.8 cm³/mol. The number of carbonyl (C=O) groups is 2. The average molecular weight is 372 g/mol. The van der Waals surface area contributed by atoms with E-state index >= 15 is 0 Å². The zero-order valence-electron chi connectivity index (χ0n) is 15.6. The van der Waals surface area contributed by atoms with Crippen molar-refractivity contribution in [3.8, 4) is 11.4 Å². The number of esters is 1. The largest absolute Gasteiger partial charge is 0.465 e. The molecule has 0 radical (unpaired) electrons. The summed E-state index contributed by atoms with van der Waals surface area (Å²) in [6.07, 6.45) is 2.60. The van der Waals surface area contributed by atoms with Gasteiger partial charge in [0.1, 0.15) is 12.6 Å². The zero-order chi connectivity index (χ0) is 19.2. The molecule has 1 N–H and O–H groups in total. The molecule has 2 amide bonds. The van der Waals surface area contributed by atoms with Gasteiger partial charge in [-0.15, -0.1) is 0 Å². The number of aromatic nitrogens is 2. The molecule has 1 aliphatic heterocycles. The predicted octanol–water partition coefficient (Wildman–Crippen LogP) is 2.84. The van der Waals surface area contributed by atoms with Gasteiger partial charge in [-0.2, -0.15) is 4.98 Å². The van der Waals surface area contributed by atoms with Crippen molar-refractivity contribution in [3.63, 3.8) is 0 Å². The van der Waals surface area contributed by atoms with Crippen LogP contribution < -0.4 is 5.32 Å². The van der Waals surface area contributed by atoms with Gasteiger partial charge in [0.15, 0.2) is 0 Å². The topological polar surface area (TPSA) is 97.6 Å². The minimum atomic E-state index is -0.459. The maximum absolute atomic E-state index is 12.5. The molecule has 3 rings (SSSR count). The summed E-state index contributed by atoms with van der Waals surface area (Å²) in [5.74, 6) is 0.456. The van der Waals surface area contributed by atoms with Crippen LogP contribution in [-0.4, -0.2) is 46.7 Å². The fraction of sp³-hybridized carbons (Fsp3) is 0.474. The number of nitrogens with one attached hydrogen (secondary N) is 1. The van der Waals surface area contributed by atoms with E-state index in [9.17, 15) is 9.59 Å². The van der Waals surface area contributed by atoms with E-state index in [4.69, 9.17) is 9.26 Å². The van der Waals surface area contributed by atoms with E-state index in [0.29, 0.717) is 18.3 Å². The standard InChI is InChI=1S/C19H24N4O4/c1-3-26-16(24)12-20-19(25)23-11-5-4-6-15(23)18-21-17(22-27-18)14-9-7-13(2)8-10-14/h7-10,15H,3-6,11-12H2,1-2H3,(H,20,25). The summed E-state index contributed by atoms with van der Waals surface area (Å²) in [4.78, 5) is 30.1. The molecule has 1 saturated heterocycles. The van der Waals surface area contributed by atoms with Gasteiger partial charge in [-0.3, -0.25) is 4.79 Å². The highest BCUT2D eigenvalue weighted by molar-refractivity contribution is 5.81. The number of carbonyl (C=O) groups excluding carboxylic acids is 2. The van der Waals surface area contributed by atoms with Crippen molar-refractivity contribution in [2.24, 2.45) is 0 Å². The van der Waals surface area contributed by atoms with Crippen LogP contribution >= 0.6 is 0 Å². The minimum Gasteiger partial charge on any atom is -0.465 e. The lowest BCUT2D eigenvalue weighted by atomic mass is 10.0. The third kappa shape index (κ3) is 4.64. The van der Waals surface area contributed by atoms with Gasteiger partial charge < -0.3 is 19.5 Å². The van der Waals surface area contributed by atoms with Crippen LogP contribution in [0.25, 0.3) is 11.4 Å². The number of ether oxygens (including phenoxy) is 1. The maximum Gasteiger partial charge on any atom is 0.325 e. The highest BCUT2D eigenvalue weighted by Crippen LogP contribution is 2.31. The third-order valence-corrected chi connectivity index (χ3v) is 4.49. The molecule has 0 saturated carbocycles. The molecule has 1 aromatic carbocycles. The van der Waals surface area contributed by atoms with Gasteiger partial charge in [0.05, 0.1) is 6.61 Å². The Morgan fingerprint density at radius 3 is 2.81 bits per heavy atom. The minimum absolute atomic E-state index is 0.158. The Bertz CT molecular complexity index is 787. The van der Waals surface area contributed by atoms with E-state index < -0.39 is 5.97 Å². The van der Waals surface area contributed by atoms with Gasteiger partial charge in [-0.25, -0.2) is 4.79 Å². The van der Waals surface area contributed by atoms with Gasteiger partial charge in [0, 0.05) is 12.1 Å². The summed E-state index contributed by atoms with van der Waals surface area (Å²) < 4.78 is 10.3. The molecule has 144 valence electrons. The first kappa shape index (κ1) is 18.9. The quantitative estimate of drug-likeness (QED) is 0.811. The van der Waals surface area contributed by atoms with Crippen LogP contribution in [0.15, 0.2) is 28.8 Å². The summed E-state index contributed by atoms with van der Waals surface area (Å²) in [7, 11) is 0. The van der Waals surface area contributed by atoms with Crippen LogP contribution in [0.1, 0.15) is 43.7 Å². The first-order chi connectivity index (χ1) is 13.1. The number of benzene rings is 1. The summed E-state index contributed by atoms with van der Waals surface area (Å²) in [6, 6.07) is 7.22. The number of amides is 2. The molecule has 8 heteroatoms. The molecule has 1 aromatic heterocycles. The van der Waals surface area contributed by atoms with Crippen molar-refractivity contribution in [2.75, 3.05) is 19.7 Å². The van der Waals surface area contributed by atoms with E-state index in [-0.39, 0.29) is 25.2 Å². The Morgan fingerprint density at radius 1 is 1.30 bits per heavy atom. The van der Waals surface area contributed by atoms with Crippen LogP contribution in [0.5, 0.6) is 0 Å². The summed E-state index contributed by atoms with van der Waals surface area (Å²) in [6.45, 7) is 4.43. The number of likely N-dealkylation sites (tertiary alicyclic amines) is 1. The van der Waals surface area contributed by atoms with Crippen LogP contribution in [0.4, 0.5) is 4.79 Å². The SMILES string of the molecule is CCOC(=O)CNC(=O)N1CCCCC1c1nc(-c2ccc(C)cc2)no1. The normalized spacial score (nSPS) is 16.8. The highest BCUT2D eigenvalue weighted by atomic mass is 16.5. The zero-order valence-corrected chi connectivity index (χ0v) is 15.6. The highest BCUT2D eigenvalue weighted by Gasteiger charge is 2.32. The van der Waals surface area contributed by atoms with E-state index in [1.165, 1.54) is 0 Å². The summed E-state index contributed by atoms with van der Waals surface area (Å²) in [5, 5.41) is 6.67. The van der Waals surface area contributed by atoms with Crippen LogP contribution in [-0.2, 0) is 9.53 Å². The molecule has 1 unspecified atom stereocenters. The second-order valence-corrected chi connectivity index (χ2v) is 6.49. The Morgan fingerprint density at radius 2 is 2.07 bits per heavy atom. The third-order valence-electron chi connectivity index (χ3n) is 4.49. The van der Waals surface area contributed by atoms with Crippen molar-refractivity contribution in [1.29, 1.82) is 0 Å². The van der Waals surface area contributed by atoms with Gasteiger partial charge in [-0.05, 0) is 33.1 Å². The average Bonchev–Trinajstić information content (AvgIpc) is 3.17. The number of piperidine rings is 1. The van der Waals surface area contributed by atoms with Crippen molar-refractivity contribution in [1.82, 2.24) is 20.4 Å². The van der Waals surface area contributed by atoms with E-state index in [1.807, 2.05) is 31.2 Å². The molecule has 0 spiro atoms. The van der Waals surface area contributed by atoms with E-state index in [2.05, 4.69) is 15.5 Å². The number of nitrogens with zero attached hydrogens (tertiary/aromatic N) is 3. The van der Waals surface area contributed by atoms with E-state index in [0.717, 1.165) is 30.4 Å². The molecule has 0 bridgehead atoms. The fourth-order valence-corrected chi connectivity index (χ4v) is 3.08. The van der Waals surface area contributed by atoms with Crippen LogP contribution in [0.3, 0.4) is 0 Å². The molecule has 27 heavy (non-hydrogen) atoms. The smallest absolute Gasteiger partial charge is 0.325 e. The van der Waals surface area contributed by atoms with Crippen molar-refractivity contribution in [2.45, 2.75) is 39.2 Å². The second-order valence-electron chi connectivity index (χ2n) is 6.49. The molecule has 1 fully saturated rings. The molecule has 2 heterocycles. The number of urea groups is 1. The van der Waals surface area contributed by atoms with Gasteiger partial charge in [-0.1, -0.05) is 35.0 Å². The van der Waals surface area contributed by atoms with Crippen molar-refractivity contribution >= 4 is 12.0 Å². The molecule has 0 aliphatic carbocycles. The Hall–Kier alpha value is -2.90. The Balaban J connectivity index is 1.71. The molecular formula is C19H24N4O4. The summed E-state index contributed by atoms with van der Waals surface area (Å²) >= 11 is 0. The second kappa shape index (κ2) is 8.66. The summed E-state index contributed by atoms with van der Waals surface area (Å²) in [5.41, 5.74) is 2.02. The first-order valence-corrected chi connectivity index (χ1v) is 9.19. The maximum atomic E-state index is 12.5. The monoisotopic (exact) mass is 372 g/mol. The molecular weight excluding hydrogens is 348 g/mol. The van der Waals surface area contributed by atoms with E-state index in [1.54, 1.807) is 11.8 Å². The lowest BCUT2D eigenvalue weighted by Gasteiger charge is -2.33. The van der Waals surface area contributed by atoms with Gasteiger partial charge >= 0.3 is 12.0 Å². The number of aryl methyl sites for hydroxylation is 1. The Labute approximate surface area is 157 Å². The van der Waals surface area contributed by atoms with Gasteiger partial charge in [0.2, 0.25) is 11.7 Å². The molecule has 8 nitrogen and oxygen atoms in total. The molecule has 1 aliphatic rings.